The summed E-state index contributed by atoms with van der Waals surface area (Å²) in [4.78, 5) is 32.5. The van der Waals surface area contributed by atoms with Crippen LogP contribution in [-0.2, 0) is 16.0 Å². The smallest absolute Gasteiger partial charge is 0.227 e. The average Bonchev–Trinajstić information content (AvgIpc) is 3.52. The lowest BCUT2D eigenvalue weighted by Gasteiger charge is -2.17. The maximum absolute atomic E-state index is 13.8. The SMILES string of the molecule is CCCCCCCCCCCCC(CCCCCCCCCCCC)C(=O)Nc1ccc(C=C2C=CC(=Nc3ccc(Cc4ccc(NC(=O)C(CCCCCCCCCCCC)CCCCCCCCCCCC)cc4)cc3)C=C2)cc1. The van der Waals surface area contributed by atoms with Crippen molar-refractivity contribution in [3.05, 3.63) is 119 Å². The predicted octanol–water partition coefficient (Wildman–Crippen LogP) is 24.9. The molecule has 83 heavy (non-hydrogen) atoms. The van der Waals surface area contributed by atoms with E-state index >= 15 is 0 Å². The molecular weight excluding hydrogens is 1010 g/mol. The Balaban J connectivity index is 1.21. The third-order valence-electron chi connectivity index (χ3n) is 17.6. The summed E-state index contributed by atoms with van der Waals surface area (Å²) in [5.74, 6) is 0.580. The van der Waals surface area contributed by atoms with Crippen molar-refractivity contribution in [3.63, 3.8) is 0 Å². The second kappa shape index (κ2) is 48.7. The van der Waals surface area contributed by atoms with Crippen LogP contribution in [0.15, 0.2) is 108 Å². The first-order valence-corrected chi connectivity index (χ1v) is 35.5. The molecule has 0 atom stereocenters. The van der Waals surface area contributed by atoms with Crippen molar-refractivity contribution in [3.8, 4) is 0 Å². The fourth-order valence-electron chi connectivity index (χ4n) is 12.1. The fourth-order valence-corrected chi connectivity index (χ4v) is 12.1. The minimum atomic E-state index is 0.0862. The van der Waals surface area contributed by atoms with Crippen LogP contribution >= 0.6 is 0 Å². The molecule has 2 N–H and O–H groups in total. The van der Waals surface area contributed by atoms with Crippen LogP contribution in [0, 0.1) is 11.8 Å². The molecule has 0 bridgehead atoms. The number of benzene rings is 3. The first-order valence-electron chi connectivity index (χ1n) is 35.5. The van der Waals surface area contributed by atoms with Crippen molar-refractivity contribution in [2.45, 2.75) is 317 Å². The number of aliphatic imine (C=N–C) groups is 1. The van der Waals surface area contributed by atoms with E-state index in [2.05, 4.69) is 142 Å². The molecule has 5 nitrogen and oxygen atoms in total. The Morgan fingerprint density at radius 2 is 0.627 bits per heavy atom. The number of rotatable bonds is 52. The summed E-state index contributed by atoms with van der Waals surface area (Å²) < 4.78 is 0. The highest BCUT2D eigenvalue weighted by Crippen LogP contribution is 2.26. The average molecular weight is 1130 g/mol. The monoisotopic (exact) mass is 1130 g/mol. The van der Waals surface area contributed by atoms with Crippen molar-refractivity contribution in [2.75, 3.05) is 10.6 Å². The highest BCUT2D eigenvalue weighted by molar-refractivity contribution is 6.07. The molecule has 0 unspecified atom stereocenters. The van der Waals surface area contributed by atoms with Crippen LogP contribution < -0.4 is 10.6 Å². The number of anilines is 2. The second-order valence-electron chi connectivity index (χ2n) is 25.3. The first-order chi connectivity index (χ1) is 40.9. The van der Waals surface area contributed by atoms with Crippen LogP contribution in [0.1, 0.15) is 327 Å². The molecule has 462 valence electrons. The third-order valence-corrected chi connectivity index (χ3v) is 17.6. The van der Waals surface area contributed by atoms with Gasteiger partial charge in [0.2, 0.25) is 11.8 Å². The second-order valence-corrected chi connectivity index (χ2v) is 25.3. The van der Waals surface area contributed by atoms with Gasteiger partial charge in [0.05, 0.1) is 11.4 Å². The van der Waals surface area contributed by atoms with Crippen LogP contribution in [-0.4, -0.2) is 17.5 Å². The number of hydrogen-bond acceptors (Lipinski definition) is 3. The van der Waals surface area contributed by atoms with Crippen molar-refractivity contribution in [2.24, 2.45) is 16.8 Å². The van der Waals surface area contributed by atoms with E-state index in [1.807, 2.05) is 0 Å². The highest BCUT2D eigenvalue weighted by atomic mass is 16.2. The zero-order valence-corrected chi connectivity index (χ0v) is 54.1. The van der Waals surface area contributed by atoms with E-state index in [1.54, 1.807) is 0 Å². The molecule has 0 heterocycles. The molecular formula is C78H123N3O2. The topological polar surface area (TPSA) is 70.6 Å². The van der Waals surface area contributed by atoms with E-state index in [1.165, 1.54) is 242 Å². The number of unbranched alkanes of at least 4 members (excludes halogenated alkanes) is 36. The molecule has 4 rings (SSSR count). The third kappa shape index (κ3) is 35.5. The number of nitrogens with zero attached hydrogens (tertiary/aromatic N) is 1. The summed E-state index contributed by atoms with van der Waals surface area (Å²) in [6, 6.07) is 25.4. The summed E-state index contributed by atoms with van der Waals surface area (Å²) in [5, 5.41) is 6.63. The Hall–Kier alpha value is -4.51. The Kier molecular flexibility index (Phi) is 41.6. The molecule has 0 saturated heterocycles. The van der Waals surface area contributed by atoms with Crippen molar-refractivity contribution in [1.29, 1.82) is 0 Å². The van der Waals surface area contributed by atoms with E-state index in [9.17, 15) is 9.59 Å². The van der Waals surface area contributed by atoms with Crippen LogP contribution in [0.4, 0.5) is 17.1 Å². The van der Waals surface area contributed by atoms with Crippen LogP contribution in [0.25, 0.3) is 6.08 Å². The first kappa shape index (κ1) is 71.0. The largest absolute Gasteiger partial charge is 0.326 e. The fraction of sp³-hybridized carbons (Fsp3) is 0.654. The minimum absolute atomic E-state index is 0.0862. The molecule has 0 saturated carbocycles. The van der Waals surface area contributed by atoms with Crippen molar-refractivity contribution in [1.82, 2.24) is 0 Å². The number of amides is 2. The van der Waals surface area contributed by atoms with Gasteiger partial charge in [-0.2, -0.15) is 0 Å². The van der Waals surface area contributed by atoms with Gasteiger partial charge in [-0.25, -0.2) is 4.99 Å². The summed E-state index contributed by atoms with van der Waals surface area (Å²) in [6.45, 7) is 9.15. The Labute approximate surface area is 511 Å². The Morgan fingerprint density at radius 1 is 0.349 bits per heavy atom. The lowest BCUT2D eigenvalue weighted by atomic mass is 9.93. The van der Waals surface area contributed by atoms with Gasteiger partial charge in [0, 0.05) is 23.2 Å². The molecule has 5 heteroatoms. The molecule has 0 radical (unpaired) electrons. The van der Waals surface area contributed by atoms with Gasteiger partial charge in [0.15, 0.2) is 0 Å². The molecule has 3 aromatic rings. The van der Waals surface area contributed by atoms with Gasteiger partial charge in [0.1, 0.15) is 0 Å². The van der Waals surface area contributed by atoms with Crippen molar-refractivity contribution >= 4 is 40.7 Å². The number of hydrogen-bond donors (Lipinski definition) is 2. The number of carbonyl (C=O) groups excluding carboxylic acids is 2. The molecule has 0 spiro atoms. The van der Waals surface area contributed by atoms with E-state index in [0.717, 1.165) is 91.7 Å². The van der Waals surface area contributed by atoms with Gasteiger partial charge < -0.3 is 10.6 Å². The number of carbonyl (C=O) groups is 2. The Morgan fingerprint density at radius 3 is 0.940 bits per heavy atom. The summed E-state index contributed by atoms with van der Waals surface area (Å²) in [7, 11) is 0. The molecule has 0 fully saturated rings. The maximum atomic E-state index is 13.8. The van der Waals surface area contributed by atoms with Crippen molar-refractivity contribution < 1.29 is 9.59 Å². The molecule has 0 aromatic heterocycles. The van der Waals surface area contributed by atoms with E-state index in [0.29, 0.717) is 0 Å². The van der Waals surface area contributed by atoms with E-state index < -0.39 is 0 Å². The summed E-state index contributed by atoms with van der Waals surface area (Å²) in [5.41, 5.74) is 8.32. The molecule has 2 amide bonds. The van der Waals surface area contributed by atoms with Gasteiger partial charge in [-0.05, 0) is 109 Å². The summed E-state index contributed by atoms with van der Waals surface area (Å²) >= 11 is 0. The zero-order chi connectivity index (χ0) is 58.9. The van der Waals surface area contributed by atoms with E-state index in [-0.39, 0.29) is 23.7 Å². The summed E-state index contributed by atoms with van der Waals surface area (Å²) in [6.07, 6.45) is 68.3. The van der Waals surface area contributed by atoms with E-state index in [4.69, 9.17) is 4.99 Å². The Bertz CT molecular complexity index is 2120. The molecule has 1 aliphatic rings. The van der Waals surface area contributed by atoms with Crippen LogP contribution in [0.2, 0.25) is 0 Å². The number of allylic oxidation sites excluding steroid dienone is 5. The molecule has 1 aliphatic carbocycles. The van der Waals surface area contributed by atoms with Gasteiger partial charge in [-0.3, -0.25) is 9.59 Å². The van der Waals surface area contributed by atoms with Gasteiger partial charge in [-0.1, -0.05) is 333 Å². The highest BCUT2D eigenvalue weighted by Gasteiger charge is 2.20. The standard InChI is InChI=1S/C78H123N3O2/c1-5-9-13-17-21-25-29-33-37-41-45-71(46-42-38-34-30-26-22-18-14-10-6-2)77(82)80-75-61-53-69(54-62-75)65-67-49-57-73(58-50-67)79-74-59-51-68(52-60-74)66-70-55-63-76(64-56-70)81-78(83)72(47-43-39-35-31-27-23-19-15-11-7-3)48-44-40-36-32-28-24-20-16-12-8-4/h49-65,71-72H,5-48,66H2,1-4H3,(H,80,82)(H,81,83). The van der Waals surface area contributed by atoms with Gasteiger partial charge in [0.25, 0.3) is 0 Å². The lowest BCUT2D eigenvalue weighted by molar-refractivity contribution is -0.121. The molecule has 3 aromatic carbocycles. The van der Waals surface area contributed by atoms with Gasteiger partial charge in [-0.15, -0.1) is 0 Å². The zero-order valence-electron chi connectivity index (χ0n) is 54.1. The quantitative estimate of drug-likeness (QED) is 0.0553. The minimum Gasteiger partial charge on any atom is -0.326 e. The lowest BCUT2D eigenvalue weighted by Crippen LogP contribution is -2.23. The maximum Gasteiger partial charge on any atom is 0.227 e. The van der Waals surface area contributed by atoms with Gasteiger partial charge >= 0.3 is 0 Å². The predicted molar refractivity (Wildman–Crippen MR) is 366 cm³/mol. The molecule has 0 aliphatic heterocycles. The van der Waals surface area contributed by atoms with Crippen LogP contribution in [0.5, 0.6) is 0 Å². The van der Waals surface area contributed by atoms with Crippen LogP contribution in [0.3, 0.4) is 0 Å². The normalized spacial score (nSPS) is 12.3. The number of nitrogens with one attached hydrogen (secondary N) is 2.